The molecule has 0 fully saturated rings. The summed E-state index contributed by atoms with van der Waals surface area (Å²) in [6, 6.07) is 15.5. The van der Waals surface area contributed by atoms with E-state index in [1.165, 1.54) is 0 Å². The minimum atomic E-state index is -0.0917. The van der Waals surface area contributed by atoms with Crippen LogP contribution in [0.15, 0.2) is 48.5 Å². The van der Waals surface area contributed by atoms with Gasteiger partial charge >= 0.3 is 0 Å². The van der Waals surface area contributed by atoms with Crippen LogP contribution in [-0.2, 0) is 11.3 Å². The second-order valence-corrected chi connectivity index (χ2v) is 6.93. The molecule has 0 unspecified atom stereocenters. The molecular formula is C21H24N4O2S. The summed E-state index contributed by atoms with van der Waals surface area (Å²) in [4.78, 5) is 12.4. The molecule has 28 heavy (non-hydrogen) atoms. The minimum Gasteiger partial charge on any atom is -0.494 e. The molecule has 1 amide bonds. The van der Waals surface area contributed by atoms with Crippen molar-refractivity contribution in [3.63, 3.8) is 0 Å². The second-order valence-electron chi connectivity index (χ2n) is 6.55. The summed E-state index contributed by atoms with van der Waals surface area (Å²) in [6.07, 6.45) is 1.22. The topological polar surface area (TPSA) is 71.9 Å². The standard InChI is InChI=1S/C21H24N4O2S/c1-3-12-27-18-9-5-8-17(14-18)22-19(26)10-11-25-20(23-24-21(25)28)16-7-4-6-15(2)13-16/h4-9,13-14H,3,10-12H2,1-2H3,(H,22,26)(H,24,28). The Balaban J connectivity index is 1.66. The molecule has 2 N–H and O–H groups in total. The van der Waals surface area contributed by atoms with Gasteiger partial charge in [-0.15, -0.1) is 0 Å². The van der Waals surface area contributed by atoms with Crippen LogP contribution in [-0.4, -0.2) is 27.3 Å². The van der Waals surface area contributed by atoms with E-state index < -0.39 is 0 Å². The highest BCUT2D eigenvalue weighted by Crippen LogP contribution is 2.20. The number of nitrogens with one attached hydrogen (secondary N) is 2. The van der Waals surface area contributed by atoms with Crippen LogP contribution in [0.5, 0.6) is 5.75 Å². The smallest absolute Gasteiger partial charge is 0.226 e. The van der Waals surface area contributed by atoms with Gasteiger partial charge in [-0.3, -0.25) is 14.5 Å². The number of rotatable bonds is 8. The third-order valence-electron chi connectivity index (χ3n) is 4.19. The molecule has 6 nitrogen and oxygen atoms in total. The van der Waals surface area contributed by atoms with Crippen molar-refractivity contribution < 1.29 is 9.53 Å². The number of anilines is 1. The zero-order valence-electron chi connectivity index (χ0n) is 16.1. The maximum Gasteiger partial charge on any atom is 0.226 e. The van der Waals surface area contributed by atoms with Gasteiger partial charge in [0.05, 0.1) is 6.61 Å². The summed E-state index contributed by atoms with van der Waals surface area (Å²) in [5.41, 5.74) is 2.82. The summed E-state index contributed by atoms with van der Waals surface area (Å²) >= 11 is 5.34. The fourth-order valence-electron chi connectivity index (χ4n) is 2.85. The van der Waals surface area contributed by atoms with Gasteiger partial charge in [-0.05, 0) is 43.8 Å². The van der Waals surface area contributed by atoms with Crippen LogP contribution in [0.3, 0.4) is 0 Å². The number of aryl methyl sites for hydroxylation is 1. The third kappa shape index (κ3) is 5.07. The van der Waals surface area contributed by atoms with E-state index in [2.05, 4.69) is 22.4 Å². The van der Waals surface area contributed by atoms with Crippen molar-refractivity contribution in [2.75, 3.05) is 11.9 Å². The first-order valence-corrected chi connectivity index (χ1v) is 9.72. The largest absolute Gasteiger partial charge is 0.494 e. The Kier molecular flexibility index (Phi) is 6.60. The van der Waals surface area contributed by atoms with Crippen LogP contribution in [0.25, 0.3) is 11.4 Å². The quantitative estimate of drug-likeness (QED) is 0.540. The molecule has 1 heterocycles. The first-order valence-electron chi connectivity index (χ1n) is 9.32. The Labute approximate surface area is 169 Å². The van der Waals surface area contributed by atoms with E-state index in [0.717, 1.165) is 29.1 Å². The molecule has 0 radical (unpaired) electrons. The third-order valence-corrected chi connectivity index (χ3v) is 4.50. The van der Waals surface area contributed by atoms with Crippen molar-refractivity contribution >= 4 is 23.8 Å². The molecule has 3 aromatic rings. The average molecular weight is 397 g/mol. The van der Waals surface area contributed by atoms with E-state index in [0.29, 0.717) is 23.6 Å². The predicted molar refractivity (Wildman–Crippen MR) is 113 cm³/mol. The van der Waals surface area contributed by atoms with E-state index >= 15 is 0 Å². The highest BCUT2D eigenvalue weighted by Gasteiger charge is 2.11. The van der Waals surface area contributed by atoms with E-state index in [-0.39, 0.29) is 12.3 Å². The molecule has 0 aliphatic heterocycles. The number of ether oxygens (including phenoxy) is 1. The van der Waals surface area contributed by atoms with Crippen molar-refractivity contribution in [2.45, 2.75) is 33.2 Å². The number of nitrogens with zero attached hydrogens (tertiary/aromatic N) is 2. The molecule has 0 bridgehead atoms. The lowest BCUT2D eigenvalue weighted by atomic mass is 10.1. The first-order chi connectivity index (χ1) is 13.6. The Morgan fingerprint density at radius 2 is 2.07 bits per heavy atom. The van der Waals surface area contributed by atoms with Crippen LogP contribution < -0.4 is 10.1 Å². The van der Waals surface area contributed by atoms with Gasteiger partial charge in [0.2, 0.25) is 5.91 Å². The summed E-state index contributed by atoms with van der Waals surface area (Å²) in [7, 11) is 0. The fraction of sp³-hybridized carbons (Fsp3) is 0.286. The molecule has 0 spiro atoms. The number of carbonyl (C=O) groups is 1. The van der Waals surface area contributed by atoms with Crippen molar-refractivity contribution in [3.05, 3.63) is 58.9 Å². The lowest BCUT2D eigenvalue weighted by Crippen LogP contribution is -2.15. The van der Waals surface area contributed by atoms with E-state index in [9.17, 15) is 4.79 Å². The van der Waals surface area contributed by atoms with Crippen molar-refractivity contribution in [3.8, 4) is 17.1 Å². The first kappa shape index (κ1) is 19.8. The van der Waals surface area contributed by atoms with E-state index in [1.54, 1.807) is 0 Å². The lowest BCUT2D eigenvalue weighted by Gasteiger charge is -2.10. The van der Waals surface area contributed by atoms with Gasteiger partial charge in [-0.1, -0.05) is 36.8 Å². The number of aromatic amines is 1. The van der Waals surface area contributed by atoms with Crippen LogP contribution in [0.2, 0.25) is 0 Å². The predicted octanol–water partition coefficient (Wildman–Crippen LogP) is 4.73. The Bertz CT molecular complexity index is 1010. The number of H-pyrrole nitrogens is 1. The van der Waals surface area contributed by atoms with Gasteiger partial charge in [0.15, 0.2) is 10.6 Å². The van der Waals surface area contributed by atoms with Crippen LogP contribution in [0.1, 0.15) is 25.3 Å². The molecule has 1 aromatic heterocycles. The molecule has 3 rings (SSSR count). The molecule has 2 aromatic carbocycles. The zero-order valence-corrected chi connectivity index (χ0v) is 16.9. The van der Waals surface area contributed by atoms with E-state index in [1.807, 2.05) is 60.0 Å². The number of carbonyl (C=O) groups excluding carboxylic acids is 1. The summed E-state index contributed by atoms with van der Waals surface area (Å²) < 4.78 is 7.96. The van der Waals surface area contributed by atoms with Crippen LogP contribution >= 0.6 is 12.2 Å². The Morgan fingerprint density at radius 3 is 2.86 bits per heavy atom. The highest BCUT2D eigenvalue weighted by molar-refractivity contribution is 7.71. The van der Waals surface area contributed by atoms with Gasteiger partial charge in [0.1, 0.15) is 5.75 Å². The fourth-order valence-corrected chi connectivity index (χ4v) is 3.07. The van der Waals surface area contributed by atoms with Crippen molar-refractivity contribution in [1.82, 2.24) is 14.8 Å². The summed E-state index contributed by atoms with van der Waals surface area (Å²) in [5.74, 6) is 1.39. The van der Waals surface area contributed by atoms with Gasteiger partial charge in [0.25, 0.3) is 0 Å². The lowest BCUT2D eigenvalue weighted by molar-refractivity contribution is -0.116. The van der Waals surface area contributed by atoms with Crippen LogP contribution in [0, 0.1) is 11.7 Å². The Hall–Kier alpha value is -2.93. The number of hydrogen-bond donors (Lipinski definition) is 2. The highest BCUT2D eigenvalue weighted by atomic mass is 32.1. The minimum absolute atomic E-state index is 0.0917. The zero-order chi connectivity index (χ0) is 19.9. The van der Waals surface area contributed by atoms with Gasteiger partial charge in [-0.2, -0.15) is 5.10 Å². The van der Waals surface area contributed by atoms with Crippen LogP contribution in [0.4, 0.5) is 5.69 Å². The van der Waals surface area contributed by atoms with Gasteiger partial charge < -0.3 is 10.1 Å². The molecule has 0 saturated heterocycles. The van der Waals surface area contributed by atoms with E-state index in [4.69, 9.17) is 17.0 Å². The maximum atomic E-state index is 12.4. The molecule has 0 saturated carbocycles. The maximum absolute atomic E-state index is 12.4. The molecule has 146 valence electrons. The molecule has 0 aliphatic rings. The number of hydrogen-bond acceptors (Lipinski definition) is 4. The molecular weight excluding hydrogens is 372 g/mol. The monoisotopic (exact) mass is 396 g/mol. The number of benzene rings is 2. The second kappa shape index (κ2) is 9.32. The normalized spacial score (nSPS) is 10.6. The molecule has 7 heteroatoms. The Morgan fingerprint density at radius 1 is 1.25 bits per heavy atom. The SMILES string of the molecule is CCCOc1cccc(NC(=O)CCn2c(-c3cccc(C)c3)n[nH]c2=S)c1. The number of amides is 1. The van der Waals surface area contributed by atoms with Crippen molar-refractivity contribution in [1.29, 1.82) is 0 Å². The van der Waals surface area contributed by atoms with Crippen molar-refractivity contribution in [2.24, 2.45) is 0 Å². The molecule has 0 atom stereocenters. The van der Waals surface area contributed by atoms with Gasteiger partial charge in [-0.25, -0.2) is 0 Å². The molecule has 0 aliphatic carbocycles. The number of aromatic nitrogens is 3. The van der Waals surface area contributed by atoms with Gasteiger partial charge in [0, 0.05) is 30.3 Å². The summed E-state index contributed by atoms with van der Waals surface area (Å²) in [6.45, 7) is 5.17. The average Bonchev–Trinajstić information content (AvgIpc) is 3.05. The summed E-state index contributed by atoms with van der Waals surface area (Å²) in [5, 5.41) is 10.1.